The Morgan fingerprint density at radius 3 is 1.44 bits per heavy atom. The maximum absolute atomic E-state index is 5.32. The van der Waals surface area contributed by atoms with Crippen molar-refractivity contribution >= 4 is 11.9 Å². The zero-order valence-electron chi connectivity index (χ0n) is 6.41. The van der Waals surface area contributed by atoms with E-state index in [1.807, 2.05) is 0 Å². The quantitative estimate of drug-likeness (QED) is 0.599. The zero-order valence-corrected chi connectivity index (χ0v) is 7.16. The SMILES string of the molecule is CCC(CC)(CC)OCl. The van der Waals surface area contributed by atoms with E-state index in [4.69, 9.17) is 16.2 Å². The van der Waals surface area contributed by atoms with Crippen molar-refractivity contribution in [3.05, 3.63) is 0 Å². The Balaban J connectivity index is 3.82. The van der Waals surface area contributed by atoms with E-state index in [0.29, 0.717) is 0 Å². The second-order valence-electron chi connectivity index (χ2n) is 2.32. The normalized spacial score (nSPS) is 12.0. The predicted octanol–water partition coefficient (Wildman–Crippen LogP) is 3.13. The molecule has 0 saturated carbocycles. The summed E-state index contributed by atoms with van der Waals surface area (Å²) in [4.78, 5) is 0. The third-order valence-corrected chi connectivity index (χ3v) is 2.42. The first-order chi connectivity index (χ1) is 4.24. The minimum atomic E-state index is -0.0679. The molecule has 9 heavy (non-hydrogen) atoms. The van der Waals surface area contributed by atoms with Gasteiger partial charge in [-0.2, -0.15) is 0 Å². The molecule has 0 atom stereocenters. The third kappa shape index (κ3) is 2.15. The fourth-order valence-corrected chi connectivity index (χ4v) is 1.24. The topological polar surface area (TPSA) is 9.23 Å². The van der Waals surface area contributed by atoms with Crippen LogP contribution >= 0.6 is 11.9 Å². The molecule has 0 heterocycles. The Labute approximate surface area is 62.5 Å². The lowest BCUT2D eigenvalue weighted by atomic mass is 9.95. The summed E-state index contributed by atoms with van der Waals surface area (Å²) in [7, 11) is 0. The van der Waals surface area contributed by atoms with Gasteiger partial charge in [0.1, 0.15) is 0 Å². The molecule has 0 rings (SSSR count). The third-order valence-electron chi connectivity index (χ3n) is 2.10. The molecule has 0 spiro atoms. The summed E-state index contributed by atoms with van der Waals surface area (Å²) in [6.45, 7) is 6.28. The highest BCUT2D eigenvalue weighted by Crippen LogP contribution is 2.25. The van der Waals surface area contributed by atoms with Gasteiger partial charge < -0.3 is 0 Å². The number of halogens is 1. The maximum atomic E-state index is 5.32. The molecule has 0 aromatic rings. The molecular weight excluding hydrogens is 136 g/mol. The standard InChI is InChI=1S/C7H15ClO/c1-4-7(5-2,6-3)9-8/h4-6H2,1-3H3. The van der Waals surface area contributed by atoms with Gasteiger partial charge in [-0.3, -0.25) is 4.29 Å². The summed E-state index contributed by atoms with van der Waals surface area (Å²) in [6, 6.07) is 0. The molecule has 0 N–H and O–H groups in total. The van der Waals surface area contributed by atoms with Gasteiger partial charge in [-0.25, -0.2) is 0 Å². The maximum Gasteiger partial charge on any atom is 0.0889 e. The largest absolute Gasteiger partial charge is 0.273 e. The average molecular weight is 151 g/mol. The van der Waals surface area contributed by atoms with Crippen molar-refractivity contribution in [3.8, 4) is 0 Å². The predicted molar refractivity (Wildman–Crippen MR) is 40.5 cm³/mol. The second-order valence-corrected chi connectivity index (χ2v) is 2.48. The van der Waals surface area contributed by atoms with Gasteiger partial charge in [-0.15, -0.1) is 0 Å². The van der Waals surface area contributed by atoms with Crippen molar-refractivity contribution in [2.45, 2.75) is 45.6 Å². The van der Waals surface area contributed by atoms with E-state index < -0.39 is 0 Å². The van der Waals surface area contributed by atoms with Crippen molar-refractivity contribution in [3.63, 3.8) is 0 Å². The van der Waals surface area contributed by atoms with Crippen LogP contribution in [0.5, 0.6) is 0 Å². The van der Waals surface area contributed by atoms with Gasteiger partial charge in [0, 0.05) is 0 Å². The molecule has 1 nitrogen and oxygen atoms in total. The Bertz CT molecular complexity index is 51.8. The molecule has 0 unspecified atom stereocenters. The first-order valence-corrected chi connectivity index (χ1v) is 3.85. The molecule has 0 fully saturated rings. The van der Waals surface area contributed by atoms with E-state index >= 15 is 0 Å². The van der Waals surface area contributed by atoms with E-state index in [1.54, 1.807) is 0 Å². The van der Waals surface area contributed by atoms with Gasteiger partial charge in [-0.05, 0) is 19.3 Å². The Morgan fingerprint density at radius 2 is 1.44 bits per heavy atom. The van der Waals surface area contributed by atoms with Crippen LogP contribution in [0.4, 0.5) is 0 Å². The van der Waals surface area contributed by atoms with Crippen LogP contribution in [0.1, 0.15) is 40.0 Å². The summed E-state index contributed by atoms with van der Waals surface area (Å²) >= 11 is 5.32. The van der Waals surface area contributed by atoms with Crippen LogP contribution in [0.25, 0.3) is 0 Å². The summed E-state index contributed by atoms with van der Waals surface area (Å²) in [6.07, 6.45) is 2.97. The summed E-state index contributed by atoms with van der Waals surface area (Å²) in [5, 5.41) is 0. The van der Waals surface area contributed by atoms with Crippen molar-refractivity contribution < 1.29 is 4.29 Å². The van der Waals surface area contributed by atoms with Crippen LogP contribution in [0, 0.1) is 0 Å². The fraction of sp³-hybridized carbons (Fsp3) is 1.00. The van der Waals surface area contributed by atoms with Crippen molar-refractivity contribution in [1.29, 1.82) is 0 Å². The minimum absolute atomic E-state index is 0.0679. The van der Waals surface area contributed by atoms with E-state index in [1.165, 1.54) is 0 Å². The van der Waals surface area contributed by atoms with E-state index in [0.717, 1.165) is 19.3 Å². The Morgan fingerprint density at radius 1 is 1.11 bits per heavy atom. The summed E-state index contributed by atoms with van der Waals surface area (Å²) in [5.41, 5.74) is -0.0679. The monoisotopic (exact) mass is 150 g/mol. The van der Waals surface area contributed by atoms with Crippen molar-refractivity contribution in [2.75, 3.05) is 0 Å². The van der Waals surface area contributed by atoms with Crippen LogP contribution in [0.3, 0.4) is 0 Å². The fourth-order valence-electron chi connectivity index (χ4n) is 0.914. The van der Waals surface area contributed by atoms with Gasteiger partial charge in [0.15, 0.2) is 0 Å². The van der Waals surface area contributed by atoms with Gasteiger partial charge >= 0.3 is 0 Å². The van der Waals surface area contributed by atoms with Gasteiger partial charge in [0.2, 0.25) is 0 Å². The van der Waals surface area contributed by atoms with Crippen molar-refractivity contribution in [1.82, 2.24) is 0 Å². The van der Waals surface area contributed by atoms with Gasteiger partial charge in [-0.1, -0.05) is 20.8 Å². The summed E-state index contributed by atoms with van der Waals surface area (Å²) in [5.74, 6) is 0. The molecule has 0 bridgehead atoms. The highest BCUT2D eigenvalue weighted by atomic mass is 35.5. The van der Waals surface area contributed by atoms with E-state index in [9.17, 15) is 0 Å². The van der Waals surface area contributed by atoms with Crippen LogP contribution in [0.15, 0.2) is 0 Å². The number of hydrogen-bond donors (Lipinski definition) is 0. The summed E-state index contributed by atoms with van der Waals surface area (Å²) < 4.78 is 4.86. The van der Waals surface area contributed by atoms with Crippen LogP contribution in [-0.2, 0) is 4.29 Å². The zero-order chi connectivity index (χ0) is 7.33. The molecule has 0 aliphatic carbocycles. The lowest BCUT2D eigenvalue weighted by Crippen LogP contribution is -2.26. The Hall–Kier alpha value is 0.250. The molecule has 56 valence electrons. The molecule has 0 radical (unpaired) electrons. The molecule has 0 aromatic heterocycles. The molecule has 0 saturated heterocycles. The number of rotatable bonds is 4. The lowest BCUT2D eigenvalue weighted by molar-refractivity contribution is 0.0681. The van der Waals surface area contributed by atoms with Gasteiger partial charge in [0.05, 0.1) is 17.5 Å². The highest BCUT2D eigenvalue weighted by molar-refractivity contribution is 6.07. The molecule has 0 amide bonds. The molecule has 0 aliphatic rings. The molecule has 0 aromatic carbocycles. The van der Waals surface area contributed by atoms with Crippen LogP contribution in [0.2, 0.25) is 0 Å². The Kier molecular flexibility index (Phi) is 4.24. The van der Waals surface area contributed by atoms with E-state index in [-0.39, 0.29) is 5.60 Å². The van der Waals surface area contributed by atoms with Gasteiger partial charge in [0.25, 0.3) is 0 Å². The first kappa shape index (κ1) is 9.25. The lowest BCUT2D eigenvalue weighted by Gasteiger charge is -2.25. The first-order valence-electron chi connectivity index (χ1n) is 3.54. The number of hydrogen-bond acceptors (Lipinski definition) is 1. The molecule has 0 aliphatic heterocycles. The average Bonchev–Trinajstić information content (AvgIpc) is 1.95. The highest BCUT2D eigenvalue weighted by Gasteiger charge is 2.23. The molecule has 2 heteroatoms. The molecular formula is C7H15ClO. The van der Waals surface area contributed by atoms with Crippen LogP contribution in [-0.4, -0.2) is 5.60 Å². The smallest absolute Gasteiger partial charge is 0.0889 e. The second kappa shape index (κ2) is 4.13. The van der Waals surface area contributed by atoms with E-state index in [2.05, 4.69) is 20.8 Å². The minimum Gasteiger partial charge on any atom is -0.273 e. The van der Waals surface area contributed by atoms with Crippen LogP contribution < -0.4 is 0 Å². The van der Waals surface area contributed by atoms with Crippen molar-refractivity contribution in [2.24, 2.45) is 0 Å².